The number of Topliss-reactive ketones (excluding diaryl/α,β-unsaturated/α-hetero) is 1. The molecule has 0 amide bonds. The van der Waals surface area contributed by atoms with Gasteiger partial charge in [0.2, 0.25) is 0 Å². The predicted octanol–water partition coefficient (Wildman–Crippen LogP) is 6.86. The SMILES string of the molecule is COc1ccc([C@@H]2[C@@H]3CCCC[C@]3(O)O[C@@H](c3ccccc3)[C@@]23CC/C(=C\c2ccccc2)C3=O)cc1. The lowest BCUT2D eigenvalue weighted by atomic mass is 9.55. The van der Waals surface area contributed by atoms with Crippen molar-refractivity contribution < 1.29 is 19.4 Å². The second-order valence-electron chi connectivity index (χ2n) is 10.8. The van der Waals surface area contributed by atoms with Crippen LogP contribution in [0.5, 0.6) is 5.75 Å². The number of carbonyl (C=O) groups is 1. The summed E-state index contributed by atoms with van der Waals surface area (Å²) in [7, 11) is 1.66. The Morgan fingerprint density at radius 1 is 0.892 bits per heavy atom. The van der Waals surface area contributed by atoms with Crippen molar-refractivity contribution >= 4 is 11.9 Å². The standard InChI is InChI=1S/C33H34O4/c1-36-27-17-15-24(16-18-27)29-28-14-8-9-20-33(28,35)37-31(25-12-6-3-7-13-25)32(29)21-19-26(30(32)34)22-23-10-4-2-5-11-23/h2-7,10-13,15-18,22,28-29,31,35H,8-9,14,19-21H2,1H3/b26-22+/t28-,29+,31-,32-,33-/m0/s1. The molecule has 1 heterocycles. The summed E-state index contributed by atoms with van der Waals surface area (Å²) in [5, 5.41) is 12.0. The van der Waals surface area contributed by atoms with Crippen LogP contribution in [0.15, 0.2) is 90.5 Å². The van der Waals surface area contributed by atoms with E-state index in [0.717, 1.165) is 47.3 Å². The van der Waals surface area contributed by atoms with Crippen molar-refractivity contribution in [2.75, 3.05) is 7.11 Å². The Hall–Kier alpha value is -3.21. The van der Waals surface area contributed by atoms with Gasteiger partial charge in [-0.05, 0) is 66.2 Å². The smallest absolute Gasteiger partial charge is 0.169 e. The first-order valence-electron chi connectivity index (χ1n) is 13.4. The normalized spacial score (nSPS) is 32.4. The van der Waals surface area contributed by atoms with E-state index in [0.29, 0.717) is 19.3 Å². The topological polar surface area (TPSA) is 55.8 Å². The van der Waals surface area contributed by atoms with Crippen LogP contribution >= 0.6 is 0 Å². The van der Waals surface area contributed by atoms with E-state index in [9.17, 15) is 9.90 Å². The van der Waals surface area contributed by atoms with E-state index in [1.54, 1.807) is 7.11 Å². The number of fused-ring (bicyclic) bond motifs is 1. The number of hydrogen-bond acceptors (Lipinski definition) is 4. The van der Waals surface area contributed by atoms with Crippen molar-refractivity contribution in [3.05, 3.63) is 107 Å². The minimum atomic E-state index is -1.26. The van der Waals surface area contributed by atoms with Gasteiger partial charge >= 0.3 is 0 Å². The van der Waals surface area contributed by atoms with Crippen LogP contribution in [0.1, 0.15) is 67.2 Å². The molecule has 37 heavy (non-hydrogen) atoms. The number of methoxy groups -OCH3 is 1. The second-order valence-corrected chi connectivity index (χ2v) is 10.8. The summed E-state index contributed by atoms with van der Waals surface area (Å²) in [6.07, 6.45) is 6.26. The van der Waals surface area contributed by atoms with Crippen LogP contribution in [0.25, 0.3) is 6.08 Å². The van der Waals surface area contributed by atoms with E-state index in [2.05, 4.69) is 12.1 Å². The molecule has 2 aliphatic carbocycles. The van der Waals surface area contributed by atoms with Gasteiger partial charge in [-0.3, -0.25) is 4.79 Å². The van der Waals surface area contributed by atoms with Gasteiger partial charge in [0.15, 0.2) is 11.6 Å². The van der Waals surface area contributed by atoms with E-state index >= 15 is 0 Å². The first kappa shape index (κ1) is 24.1. The number of benzene rings is 3. The summed E-state index contributed by atoms with van der Waals surface area (Å²) in [6, 6.07) is 28.2. The Kier molecular flexibility index (Phi) is 6.26. The number of ketones is 1. The van der Waals surface area contributed by atoms with Crippen molar-refractivity contribution in [1.29, 1.82) is 0 Å². The maximum absolute atomic E-state index is 14.7. The number of hydrogen-bond donors (Lipinski definition) is 1. The molecule has 6 rings (SSSR count). The number of ether oxygens (including phenoxy) is 2. The van der Waals surface area contributed by atoms with E-state index in [4.69, 9.17) is 9.47 Å². The van der Waals surface area contributed by atoms with Crippen LogP contribution in [-0.4, -0.2) is 23.8 Å². The van der Waals surface area contributed by atoms with Crippen molar-refractivity contribution in [2.24, 2.45) is 11.3 Å². The van der Waals surface area contributed by atoms with Crippen LogP contribution in [0.3, 0.4) is 0 Å². The highest BCUT2D eigenvalue weighted by atomic mass is 16.6. The Bertz CT molecular complexity index is 1280. The molecular weight excluding hydrogens is 460 g/mol. The fourth-order valence-electron chi connectivity index (χ4n) is 7.20. The van der Waals surface area contributed by atoms with Gasteiger partial charge < -0.3 is 14.6 Å². The molecule has 0 aromatic heterocycles. The summed E-state index contributed by atoms with van der Waals surface area (Å²) in [4.78, 5) is 14.7. The zero-order chi connectivity index (χ0) is 25.5. The molecular formula is C33H34O4. The van der Waals surface area contributed by atoms with E-state index < -0.39 is 17.3 Å². The number of aliphatic hydroxyl groups is 1. The third-order valence-electron chi connectivity index (χ3n) is 8.87. The molecule has 3 aromatic rings. The molecule has 3 fully saturated rings. The van der Waals surface area contributed by atoms with Crippen LogP contribution in [0.2, 0.25) is 0 Å². The molecule has 1 spiro atoms. The Balaban J connectivity index is 1.55. The van der Waals surface area contributed by atoms with Gasteiger partial charge in [0, 0.05) is 18.3 Å². The highest BCUT2D eigenvalue weighted by Crippen LogP contribution is 2.67. The van der Waals surface area contributed by atoms with Crippen molar-refractivity contribution in [2.45, 2.75) is 56.3 Å². The Labute approximate surface area is 218 Å². The molecule has 4 nitrogen and oxygen atoms in total. The second kappa shape index (κ2) is 9.59. The van der Waals surface area contributed by atoms with Gasteiger partial charge in [0.05, 0.1) is 18.6 Å². The monoisotopic (exact) mass is 494 g/mol. The fourth-order valence-corrected chi connectivity index (χ4v) is 7.20. The molecule has 0 bridgehead atoms. The maximum atomic E-state index is 14.7. The zero-order valence-electron chi connectivity index (χ0n) is 21.3. The predicted molar refractivity (Wildman–Crippen MR) is 144 cm³/mol. The summed E-state index contributed by atoms with van der Waals surface area (Å²) < 4.78 is 12.2. The summed E-state index contributed by atoms with van der Waals surface area (Å²) >= 11 is 0. The van der Waals surface area contributed by atoms with Crippen molar-refractivity contribution in [1.82, 2.24) is 0 Å². The Morgan fingerprint density at radius 2 is 1.59 bits per heavy atom. The van der Waals surface area contributed by atoms with Crippen LogP contribution in [0.4, 0.5) is 0 Å². The molecule has 0 unspecified atom stereocenters. The van der Waals surface area contributed by atoms with Crippen LogP contribution < -0.4 is 4.74 Å². The number of carbonyl (C=O) groups excluding carboxylic acids is 1. The fraction of sp³-hybridized carbons (Fsp3) is 0.364. The number of allylic oxidation sites excluding steroid dienone is 1. The number of rotatable bonds is 4. The molecule has 1 aliphatic heterocycles. The zero-order valence-corrected chi connectivity index (χ0v) is 21.3. The molecule has 190 valence electrons. The molecule has 2 saturated carbocycles. The van der Waals surface area contributed by atoms with Crippen LogP contribution in [-0.2, 0) is 9.53 Å². The molecule has 1 N–H and O–H groups in total. The highest BCUT2D eigenvalue weighted by Gasteiger charge is 2.66. The quantitative estimate of drug-likeness (QED) is 0.403. The Morgan fingerprint density at radius 3 is 2.30 bits per heavy atom. The van der Waals surface area contributed by atoms with E-state index in [-0.39, 0.29) is 17.6 Å². The van der Waals surface area contributed by atoms with Gasteiger partial charge in [-0.1, -0.05) is 79.2 Å². The average molecular weight is 495 g/mol. The maximum Gasteiger partial charge on any atom is 0.169 e. The molecule has 0 radical (unpaired) electrons. The van der Waals surface area contributed by atoms with E-state index in [1.165, 1.54) is 0 Å². The molecule has 3 aliphatic rings. The molecule has 4 heteroatoms. The van der Waals surface area contributed by atoms with Crippen molar-refractivity contribution in [3.8, 4) is 5.75 Å². The first-order chi connectivity index (χ1) is 18.0. The van der Waals surface area contributed by atoms with Gasteiger partial charge in [-0.15, -0.1) is 0 Å². The van der Waals surface area contributed by atoms with Gasteiger partial charge in [-0.25, -0.2) is 0 Å². The molecule has 5 atom stereocenters. The van der Waals surface area contributed by atoms with Gasteiger partial charge in [-0.2, -0.15) is 0 Å². The average Bonchev–Trinajstić information content (AvgIpc) is 3.25. The molecule has 3 aromatic carbocycles. The third kappa shape index (κ3) is 4.03. The van der Waals surface area contributed by atoms with Crippen LogP contribution in [0, 0.1) is 11.3 Å². The first-order valence-corrected chi connectivity index (χ1v) is 13.4. The lowest BCUT2D eigenvalue weighted by Crippen LogP contribution is -2.59. The molecule has 1 saturated heterocycles. The van der Waals surface area contributed by atoms with E-state index in [1.807, 2.05) is 78.9 Å². The minimum absolute atomic E-state index is 0.152. The summed E-state index contributed by atoms with van der Waals surface area (Å²) in [6.45, 7) is 0. The highest BCUT2D eigenvalue weighted by molar-refractivity contribution is 6.07. The minimum Gasteiger partial charge on any atom is -0.497 e. The van der Waals surface area contributed by atoms with Crippen molar-refractivity contribution in [3.63, 3.8) is 0 Å². The summed E-state index contributed by atoms with van der Waals surface area (Å²) in [5.41, 5.74) is 3.10. The lowest BCUT2D eigenvalue weighted by molar-refractivity contribution is -0.330. The van der Waals surface area contributed by atoms with Gasteiger partial charge in [0.25, 0.3) is 0 Å². The lowest BCUT2D eigenvalue weighted by Gasteiger charge is -2.58. The van der Waals surface area contributed by atoms with Gasteiger partial charge in [0.1, 0.15) is 5.75 Å². The largest absolute Gasteiger partial charge is 0.497 e. The summed E-state index contributed by atoms with van der Waals surface area (Å²) in [5.74, 6) is -0.656. The third-order valence-corrected chi connectivity index (χ3v) is 8.87.